The van der Waals surface area contributed by atoms with Gasteiger partial charge in [-0.3, -0.25) is 4.90 Å². The average Bonchev–Trinajstić information content (AvgIpc) is 2.37. The summed E-state index contributed by atoms with van der Waals surface area (Å²) in [4.78, 5) is 13.9. The standard InChI is InChI=1S/C15H29NO2/c1-13(2)16(9-4-10-17)11-15(12-18)7-5-14(3)6-8-15/h12-14,17H,4-11H2,1-3H3. The van der Waals surface area contributed by atoms with Crippen LogP contribution < -0.4 is 0 Å². The van der Waals surface area contributed by atoms with Gasteiger partial charge in [0.2, 0.25) is 0 Å². The lowest BCUT2D eigenvalue weighted by Gasteiger charge is -2.40. The third-order valence-electron chi connectivity index (χ3n) is 4.37. The highest BCUT2D eigenvalue weighted by atomic mass is 16.3. The molecule has 0 aromatic carbocycles. The van der Waals surface area contributed by atoms with Crippen LogP contribution in [0.25, 0.3) is 0 Å². The van der Waals surface area contributed by atoms with Crippen molar-refractivity contribution in [3.63, 3.8) is 0 Å². The molecule has 0 aromatic heterocycles. The number of aliphatic hydroxyl groups excluding tert-OH is 1. The third-order valence-corrected chi connectivity index (χ3v) is 4.37. The van der Waals surface area contributed by atoms with Crippen molar-refractivity contribution in [3.8, 4) is 0 Å². The van der Waals surface area contributed by atoms with Crippen LogP contribution in [0.5, 0.6) is 0 Å². The summed E-state index contributed by atoms with van der Waals surface area (Å²) in [5.74, 6) is 0.767. The summed E-state index contributed by atoms with van der Waals surface area (Å²) in [7, 11) is 0. The lowest BCUT2D eigenvalue weighted by atomic mass is 9.71. The van der Waals surface area contributed by atoms with Gasteiger partial charge in [0.25, 0.3) is 0 Å². The molecule has 0 aromatic rings. The lowest BCUT2D eigenvalue weighted by molar-refractivity contribution is -0.120. The van der Waals surface area contributed by atoms with Crippen molar-refractivity contribution in [2.75, 3.05) is 19.7 Å². The van der Waals surface area contributed by atoms with Gasteiger partial charge in [-0.05, 0) is 51.9 Å². The number of rotatable bonds is 7. The average molecular weight is 255 g/mol. The van der Waals surface area contributed by atoms with Crippen LogP contribution in [0.15, 0.2) is 0 Å². The van der Waals surface area contributed by atoms with Crippen molar-refractivity contribution >= 4 is 6.29 Å². The molecule has 0 unspecified atom stereocenters. The van der Waals surface area contributed by atoms with Crippen LogP contribution in [0.4, 0.5) is 0 Å². The Kier molecular flexibility index (Phi) is 6.30. The molecule has 1 aliphatic carbocycles. The lowest BCUT2D eigenvalue weighted by Crippen LogP contribution is -2.44. The Hall–Kier alpha value is -0.410. The SMILES string of the molecule is CC1CCC(C=O)(CN(CCCO)C(C)C)CC1. The van der Waals surface area contributed by atoms with E-state index >= 15 is 0 Å². The minimum absolute atomic E-state index is 0.133. The van der Waals surface area contributed by atoms with Crippen LogP contribution in [0, 0.1) is 11.3 Å². The minimum atomic E-state index is -0.133. The number of carbonyl (C=O) groups excluding carboxylic acids is 1. The highest BCUT2D eigenvalue weighted by molar-refractivity contribution is 5.60. The van der Waals surface area contributed by atoms with Crippen LogP contribution in [0.2, 0.25) is 0 Å². The molecule has 1 saturated carbocycles. The molecule has 0 bridgehead atoms. The van der Waals surface area contributed by atoms with Crippen molar-refractivity contribution in [1.82, 2.24) is 4.90 Å². The summed E-state index contributed by atoms with van der Waals surface area (Å²) in [6.45, 7) is 8.60. The van der Waals surface area contributed by atoms with E-state index < -0.39 is 0 Å². The zero-order chi connectivity index (χ0) is 13.6. The Bertz CT molecular complexity index is 245. The molecule has 3 nitrogen and oxygen atoms in total. The molecule has 0 radical (unpaired) electrons. The first kappa shape index (κ1) is 15.6. The fourth-order valence-corrected chi connectivity index (χ4v) is 2.85. The highest BCUT2D eigenvalue weighted by Gasteiger charge is 2.35. The largest absolute Gasteiger partial charge is 0.396 e. The van der Waals surface area contributed by atoms with Crippen molar-refractivity contribution in [2.24, 2.45) is 11.3 Å². The fourth-order valence-electron chi connectivity index (χ4n) is 2.85. The first-order valence-electron chi connectivity index (χ1n) is 7.34. The predicted octanol–water partition coefficient (Wildman–Crippen LogP) is 2.47. The van der Waals surface area contributed by atoms with Crippen LogP contribution >= 0.6 is 0 Å². The Balaban J connectivity index is 2.61. The fraction of sp³-hybridized carbons (Fsp3) is 0.933. The molecular formula is C15H29NO2. The van der Waals surface area contributed by atoms with Crippen LogP contribution in [0.3, 0.4) is 0 Å². The first-order valence-corrected chi connectivity index (χ1v) is 7.34. The van der Waals surface area contributed by atoms with Gasteiger partial charge < -0.3 is 9.90 Å². The molecule has 1 aliphatic rings. The summed E-state index contributed by atoms with van der Waals surface area (Å²) >= 11 is 0. The van der Waals surface area contributed by atoms with E-state index in [-0.39, 0.29) is 12.0 Å². The molecule has 0 saturated heterocycles. The number of hydrogen-bond donors (Lipinski definition) is 1. The predicted molar refractivity (Wildman–Crippen MR) is 74.5 cm³/mol. The van der Waals surface area contributed by atoms with Gasteiger partial charge in [0.15, 0.2) is 0 Å². The van der Waals surface area contributed by atoms with E-state index in [9.17, 15) is 4.79 Å². The van der Waals surface area contributed by atoms with Gasteiger partial charge in [0.05, 0.1) is 0 Å². The Morgan fingerprint density at radius 2 is 2.00 bits per heavy atom. The zero-order valence-corrected chi connectivity index (χ0v) is 12.2. The van der Waals surface area contributed by atoms with Gasteiger partial charge in [-0.25, -0.2) is 0 Å². The van der Waals surface area contributed by atoms with Gasteiger partial charge >= 0.3 is 0 Å². The van der Waals surface area contributed by atoms with Gasteiger partial charge in [0.1, 0.15) is 6.29 Å². The summed E-state index contributed by atoms with van der Waals surface area (Å²) in [5, 5.41) is 8.96. The monoisotopic (exact) mass is 255 g/mol. The van der Waals surface area contributed by atoms with Gasteiger partial charge in [-0.15, -0.1) is 0 Å². The highest BCUT2D eigenvalue weighted by Crippen LogP contribution is 2.38. The third kappa shape index (κ3) is 4.36. The van der Waals surface area contributed by atoms with Crippen LogP contribution in [0.1, 0.15) is 52.9 Å². The summed E-state index contributed by atoms with van der Waals surface area (Å²) < 4.78 is 0. The van der Waals surface area contributed by atoms with Gasteiger partial charge in [0, 0.05) is 31.2 Å². The topological polar surface area (TPSA) is 40.5 Å². The maximum absolute atomic E-state index is 11.5. The molecule has 0 spiro atoms. The molecule has 0 aliphatic heterocycles. The van der Waals surface area contributed by atoms with Crippen molar-refractivity contribution in [1.29, 1.82) is 0 Å². The maximum atomic E-state index is 11.5. The maximum Gasteiger partial charge on any atom is 0.127 e. The normalized spacial score (nSPS) is 28.9. The Morgan fingerprint density at radius 1 is 1.39 bits per heavy atom. The second-order valence-corrected chi connectivity index (χ2v) is 6.30. The van der Waals surface area contributed by atoms with E-state index in [0.29, 0.717) is 6.04 Å². The first-order chi connectivity index (χ1) is 8.53. The van der Waals surface area contributed by atoms with E-state index in [0.717, 1.165) is 38.3 Å². The number of hydrogen-bond acceptors (Lipinski definition) is 3. The summed E-state index contributed by atoms with van der Waals surface area (Å²) in [6, 6.07) is 0.438. The number of aliphatic hydroxyl groups is 1. The molecule has 0 amide bonds. The van der Waals surface area contributed by atoms with E-state index in [4.69, 9.17) is 5.11 Å². The molecule has 0 atom stereocenters. The van der Waals surface area contributed by atoms with Gasteiger partial charge in [-0.1, -0.05) is 6.92 Å². The summed E-state index contributed by atoms with van der Waals surface area (Å²) in [6.07, 6.45) is 6.39. The molecule has 18 heavy (non-hydrogen) atoms. The molecular weight excluding hydrogens is 226 g/mol. The molecule has 1 N–H and O–H groups in total. The van der Waals surface area contributed by atoms with Crippen molar-refractivity contribution in [3.05, 3.63) is 0 Å². The van der Waals surface area contributed by atoms with Crippen LogP contribution in [-0.2, 0) is 4.79 Å². The zero-order valence-electron chi connectivity index (χ0n) is 12.2. The summed E-state index contributed by atoms with van der Waals surface area (Å²) in [5.41, 5.74) is -0.133. The Labute approximate surface area is 112 Å². The van der Waals surface area contributed by atoms with Crippen LogP contribution in [-0.4, -0.2) is 42.0 Å². The van der Waals surface area contributed by atoms with E-state index in [1.807, 2.05) is 0 Å². The second kappa shape index (κ2) is 7.25. The molecule has 3 heteroatoms. The van der Waals surface area contributed by atoms with Crippen molar-refractivity contribution in [2.45, 2.75) is 58.9 Å². The Morgan fingerprint density at radius 3 is 2.44 bits per heavy atom. The second-order valence-electron chi connectivity index (χ2n) is 6.30. The molecule has 106 valence electrons. The van der Waals surface area contributed by atoms with E-state index in [1.54, 1.807) is 0 Å². The molecule has 1 fully saturated rings. The minimum Gasteiger partial charge on any atom is -0.396 e. The van der Waals surface area contributed by atoms with Gasteiger partial charge in [-0.2, -0.15) is 0 Å². The molecule has 0 heterocycles. The smallest absolute Gasteiger partial charge is 0.127 e. The van der Waals surface area contributed by atoms with E-state index in [2.05, 4.69) is 25.7 Å². The molecule has 1 rings (SSSR count). The number of aldehydes is 1. The quantitative estimate of drug-likeness (QED) is 0.711. The number of nitrogens with zero attached hydrogens (tertiary/aromatic N) is 1. The van der Waals surface area contributed by atoms with Crippen molar-refractivity contribution < 1.29 is 9.90 Å². The van der Waals surface area contributed by atoms with E-state index in [1.165, 1.54) is 19.1 Å². The number of carbonyl (C=O) groups is 1.